The fourth-order valence-corrected chi connectivity index (χ4v) is 5.55. The zero-order valence-electron chi connectivity index (χ0n) is 22.9. The molecule has 1 saturated heterocycles. The van der Waals surface area contributed by atoms with Crippen molar-refractivity contribution in [3.8, 4) is 11.5 Å². The maximum absolute atomic E-state index is 14.1. The van der Waals surface area contributed by atoms with Crippen LogP contribution < -0.4 is 24.7 Å². The van der Waals surface area contributed by atoms with E-state index in [-0.39, 0.29) is 17.7 Å². The summed E-state index contributed by atoms with van der Waals surface area (Å²) >= 11 is 0. The monoisotopic (exact) mass is 611 g/mol. The summed E-state index contributed by atoms with van der Waals surface area (Å²) in [5.41, 5.74) is 1.31. The van der Waals surface area contributed by atoms with Gasteiger partial charge in [-0.1, -0.05) is 6.07 Å². The SMILES string of the molecule is COc1ccc(N(Cc2ccc[nH]c2=O)c2ccc(C(=O)NS(=O)(=O)c3ccc(F)cc3F)cc2)cc1O[C@@H]1CCCO1. The highest BCUT2D eigenvalue weighted by molar-refractivity contribution is 7.90. The van der Waals surface area contributed by atoms with E-state index in [1.807, 2.05) is 0 Å². The number of benzene rings is 3. The Bertz CT molecular complexity index is 1790. The van der Waals surface area contributed by atoms with Gasteiger partial charge in [0.15, 0.2) is 17.8 Å². The molecule has 224 valence electrons. The standard InChI is InChI=1S/C30H27F2N3O7S/c1-40-25-12-11-23(17-26(25)42-28-5-3-15-41-28)35(18-20-4-2-14-33-29(20)36)22-9-6-19(7-10-22)30(37)34-43(38,39)27-13-8-21(31)16-24(27)32/h2,4,6-14,16-17,28H,3,5,15,18H2,1H3,(H,33,36)(H,34,37)/t28-/m1/s1. The van der Waals surface area contributed by atoms with Crippen molar-refractivity contribution in [2.45, 2.75) is 30.6 Å². The molecule has 1 aromatic heterocycles. The Kier molecular flexibility index (Phi) is 8.73. The topological polar surface area (TPSA) is 127 Å². The quantitative estimate of drug-likeness (QED) is 0.266. The van der Waals surface area contributed by atoms with E-state index in [0.29, 0.717) is 41.1 Å². The van der Waals surface area contributed by atoms with Crippen molar-refractivity contribution in [2.24, 2.45) is 0 Å². The van der Waals surface area contributed by atoms with Crippen LogP contribution in [0, 0.1) is 11.6 Å². The summed E-state index contributed by atoms with van der Waals surface area (Å²) in [6, 6.07) is 16.5. The summed E-state index contributed by atoms with van der Waals surface area (Å²) in [6.45, 7) is 0.723. The minimum absolute atomic E-state index is 0.0375. The minimum atomic E-state index is -4.62. The smallest absolute Gasteiger partial charge is 0.267 e. The van der Waals surface area contributed by atoms with E-state index in [2.05, 4.69) is 4.98 Å². The number of anilines is 2. The highest BCUT2D eigenvalue weighted by atomic mass is 32.2. The molecule has 13 heteroatoms. The summed E-state index contributed by atoms with van der Waals surface area (Å²) in [4.78, 5) is 28.9. The van der Waals surface area contributed by atoms with Crippen molar-refractivity contribution in [3.63, 3.8) is 0 Å². The predicted molar refractivity (Wildman–Crippen MR) is 153 cm³/mol. The zero-order valence-corrected chi connectivity index (χ0v) is 23.7. The first-order valence-electron chi connectivity index (χ1n) is 13.2. The lowest BCUT2D eigenvalue weighted by Gasteiger charge is -2.26. The van der Waals surface area contributed by atoms with Crippen LogP contribution in [0.4, 0.5) is 20.2 Å². The molecule has 0 bridgehead atoms. The van der Waals surface area contributed by atoms with E-state index in [1.165, 1.54) is 25.4 Å². The minimum Gasteiger partial charge on any atom is -0.493 e. The number of rotatable bonds is 10. The number of amides is 1. The first-order valence-corrected chi connectivity index (χ1v) is 14.7. The second-order valence-corrected chi connectivity index (χ2v) is 11.2. The Morgan fingerprint density at radius 2 is 1.81 bits per heavy atom. The number of carbonyl (C=O) groups excluding carboxylic acids is 1. The highest BCUT2D eigenvalue weighted by Gasteiger charge is 2.24. The lowest BCUT2D eigenvalue weighted by Crippen LogP contribution is -2.31. The first kappa shape index (κ1) is 29.7. The van der Waals surface area contributed by atoms with Crippen LogP contribution in [0.1, 0.15) is 28.8 Å². The number of hydrogen-bond acceptors (Lipinski definition) is 8. The Morgan fingerprint density at radius 1 is 1.05 bits per heavy atom. The summed E-state index contributed by atoms with van der Waals surface area (Å²) in [5, 5.41) is 0. The van der Waals surface area contributed by atoms with Crippen molar-refractivity contribution < 1.29 is 36.2 Å². The number of pyridine rings is 1. The molecule has 0 unspecified atom stereocenters. The van der Waals surface area contributed by atoms with Crippen LogP contribution in [-0.2, 0) is 21.3 Å². The van der Waals surface area contributed by atoms with Gasteiger partial charge in [0.2, 0.25) is 0 Å². The Balaban J connectivity index is 1.45. The Hall–Kier alpha value is -4.75. The van der Waals surface area contributed by atoms with Crippen molar-refractivity contribution in [2.75, 3.05) is 18.6 Å². The molecule has 1 atom stereocenters. The zero-order chi connectivity index (χ0) is 30.6. The van der Waals surface area contributed by atoms with Gasteiger partial charge in [0.1, 0.15) is 16.5 Å². The fraction of sp³-hybridized carbons (Fsp3) is 0.200. The molecule has 4 aromatic rings. The van der Waals surface area contributed by atoms with Crippen molar-refractivity contribution >= 4 is 27.3 Å². The van der Waals surface area contributed by atoms with Gasteiger partial charge in [-0.25, -0.2) is 21.9 Å². The number of aromatic amines is 1. The van der Waals surface area contributed by atoms with Gasteiger partial charge in [-0.2, -0.15) is 0 Å². The maximum atomic E-state index is 14.1. The molecule has 1 aliphatic heterocycles. The highest BCUT2D eigenvalue weighted by Crippen LogP contribution is 2.37. The van der Waals surface area contributed by atoms with E-state index in [4.69, 9.17) is 14.2 Å². The second-order valence-electron chi connectivity index (χ2n) is 9.56. The van der Waals surface area contributed by atoms with Gasteiger partial charge in [0.25, 0.3) is 21.5 Å². The third-order valence-electron chi connectivity index (χ3n) is 6.69. The van der Waals surface area contributed by atoms with Crippen LogP contribution in [0.3, 0.4) is 0 Å². The molecule has 43 heavy (non-hydrogen) atoms. The van der Waals surface area contributed by atoms with E-state index < -0.39 is 38.8 Å². The van der Waals surface area contributed by atoms with Gasteiger partial charge in [-0.15, -0.1) is 0 Å². The largest absolute Gasteiger partial charge is 0.493 e. The number of aromatic nitrogens is 1. The van der Waals surface area contributed by atoms with E-state index >= 15 is 0 Å². The lowest BCUT2D eigenvalue weighted by atomic mass is 10.1. The molecular weight excluding hydrogens is 584 g/mol. The van der Waals surface area contributed by atoms with Crippen molar-refractivity contribution in [3.05, 3.63) is 112 Å². The number of halogens is 2. The van der Waals surface area contributed by atoms with Crippen LogP contribution in [-0.4, -0.2) is 39.3 Å². The summed E-state index contributed by atoms with van der Waals surface area (Å²) in [6.07, 6.45) is 2.70. The van der Waals surface area contributed by atoms with Crippen molar-refractivity contribution in [1.82, 2.24) is 9.71 Å². The first-order chi connectivity index (χ1) is 20.6. The van der Waals surface area contributed by atoms with Crippen LogP contribution in [0.25, 0.3) is 0 Å². The van der Waals surface area contributed by atoms with Gasteiger partial charge in [-0.05, 0) is 61.0 Å². The van der Waals surface area contributed by atoms with Gasteiger partial charge >= 0.3 is 0 Å². The van der Waals surface area contributed by atoms with Gasteiger partial charge < -0.3 is 24.1 Å². The fourth-order valence-electron chi connectivity index (χ4n) is 4.51. The number of H-pyrrole nitrogens is 1. The molecule has 1 amide bonds. The molecular formula is C30H27F2N3O7S. The molecule has 0 radical (unpaired) electrons. The lowest BCUT2D eigenvalue weighted by molar-refractivity contribution is -0.0402. The predicted octanol–water partition coefficient (Wildman–Crippen LogP) is 4.63. The molecule has 2 heterocycles. The van der Waals surface area contributed by atoms with Crippen LogP contribution in [0.2, 0.25) is 0 Å². The number of methoxy groups -OCH3 is 1. The van der Waals surface area contributed by atoms with Crippen LogP contribution >= 0.6 is 0 Å². The number of nitrogens with one attached hydrogen (secondary N) is 2. The van der Waals surface area contributed by atoms with E-state index in [9.17, 15) is 26.8 Å². The maximum Gasteiger partial charge on any atom is 0.267 e. The number of ether oxygens (including phenoxy) is 3. The Labute approximate surface area is 245 Å². The molecule has 0 aliphatic carbocycles. The van der Waals surface area contributed by atoms with Crippen molar-refractivity contribution in [1.29, 1.82) is 0 Å². The van der Waals surface area contributed by atoms with Gasteiger partial charge in [0.05, 0.1) is 20.3 Å². The third-order valence-corrected chi connectivity index (χ3v) is 8.05. The normalized spacial score (nSPS) is 14.7. The molecule has 5 rings (SSSR count). The number of sulfonamides is 1. The number of hydrogen-bond donors (Lipinski definition) is 2. The number of nitrogens with zero attached hydrogens (tertiary/aromatic N) is 1. The van der Waals surface area contributed by atoms with Crippen LogP contribution in [0.15, 0.2) is 88.7 Å². The molecule has 0 saturated carbocycles. The number of carbonyl (C=O) groups is 1. The Morgan fingerprint density at radius 3 is 2.49 bits per heavy atom. The van der Waals surface area contributed by atoms with E-state index in [0.717, 1.165) is 25.0 Å². The van der Waals surface area contributed by atoms with Crippen LogP contribution in [0.5, 0.6) is 11.5 Å². The average molecular weight is 612 g/mol. The van der Waals surface area contributed by atoms with Gasteiger partial charge in [0, 0.05) is 47.3 Å². The molecule has 10 nitrogen and oxygen atoms in total. The molecule has 0 spiro atoms. The molecule has 3 aromatic carbocycles. The molecule has 1 aliphatic rings. The third kappa shape index (κ3) is 6.84. The van der Waals surface area contributed by atoms with Gasteiger partial charge in [-0.3, -0.25) is 9.59 Å². The average Bonchev–Trinajstić information content (AvgIpc) is 3.49. The molecule has 2 N–H and O–H groups in total. The van der Waals surface area contributed by atoms with E-state index in [1.54, 1.807) is 52.1 Å². The summed E-state index contributed by atoms with van der Waals surface area (Å²) < 4.78 is 71.4. The summed E-state index contributed by atoms with van der Waals surface area (Å²) in [5.74, 6) is -2.37. The molecule has 1 fully saturated rings. The second kappa shape index (κ2) is 12.6. The summed E-state index contributed by atoms with van der Waals surface area (Å²) in [7, 11) is -3.10.